The lowest BCUT2D eigenvalue weighted by Gasteiger charge is -2.13. The van der Waals surface area contributed by atoms with Crippen LogP contribution in [0, 0.1) is 17.0 Å². The Morgan fingerprint density at radius 1 is 1.03 bits per heavy atom. The highest BCUT2D eigenvalue weighted by Gasteiger charge is 2.24. The van der Waals surface area contributed by atoms with Crippen LogP contribution in [-0.4, -0.2) is 29.1 Å². The molecule has 0 radical (unpaired) electrons. The van der Waals surface area contributed by atoms with Crippen LogP contribution in [0.4, 0.5) is 23.0 Å². The Balaban J connectivity index is 1.91. The number of nitrogens with one attached hydrogen (secondary N) is 2. The lowest BCUT2D eigenvalue weighted by molar-refractivity contribution is -0.383. The third-order valence-corrected chi connectivity index (χ3v) is 4.25. The molecule has 0 amide bonds. The molecule has 0 aliphatic rings. The van der Waals surface area contributed by atoms with Gasteiger partial charge >= 0.3 is 5.69 Å². The minimum absolute atomic E-state index is 0.0444. The summed E-state index contributed by atoms with van der Waals surface area (Å²) in [6.07, 6.45) is 1.26. The van der Waals surface area contributed by atoms with E-state index in [0.29, 0.717) is 23.7 Å². The fourth-order valence-electron chi connectivity index (χ4n) is 2.70. The lowest BCUT2D eigenvalue weighted by atomic mass is 10.1. The van der Waals surface area contributed by atoms with Gasteiger partial charge in [0, 0.05) is 12.6 Å². The largest absolute Gasteiger partial charge is 0.497 e. The molecule has 1 heterocycles. The zero-order valence-corrected chi connectivity index (χ0v) is 16.3. The summed E-state index contributed by atoms with van der Waals surface area (Å²) in [6.45, 7) is 2.39. The van der Waals surface area contributed by atoms with Crippen molar-refractivity contribution in [3.05, 3.63) is 70.0 Å². The summed E-state index contributed by atoms with van der Waals surface area (Å²) < 4.78 is 10.5. The summed E-state index contributed by atoms with van der Waals surface area (Å²) in [7, 11) is 3.04. The number of anilines is 3. The number of benzene rings is 2. The highest BCUT2D eigenvalue weighted by atomic mass is 16.6. The SMILES string of the molecule is COc1ccc(OC)c(Nc2ncnc(NCc3ccc(C)cc3)c2[N+](=O)[O-])c1. The average molecular weight is 395 g/mol. The molecule has 9 heteroatoms. The smallest absolute Gasteiger partial charge is 0.353 e. The van der Waals surface area contributed by atoms with Crippen molar-refractivity contribution in [2.24, 2.45) is 0 Å². The van der Waals surface area contributed by atoms with Gasteiger partial charge in [-0.15, -0.1) is 0 Å². The second-order valence-corrected chi connectivity index (χ2v) is 6.21. The van der Waals surface area contributed by atoms with Gasteiger partial charge in [0.05, 0.1) is 24.8 Å². The van der Waals surface area contributed by atoms with Crippen molar-refractivity contribution in [2.75, 3.05) is 24.9 Å². The van der Waals surface area contributed by atoms with Gasteiger partial charge in [-0.1, -0.05) is 29.8 Å². The monoisotopic (exact) mass is 395 g/mol. The average Bonchev–Trinajstić information content (AvgIpc) is 2.73. The summed E-state index contributed by atoms with van der Waals surface area (Å²) in [6, 6.07) is 13.0. The second-order valence-electron chi connectivity index (χ2n) is 6.21. The topological polar surface area (TPSA) is 111 Å². The number of aryl methyl sites for hydroxylation is 1. The van der Waals surface area contributed by atoms with E-state index in [9.17, 15) is 10.1 Å². The molecule has 1 aromatic heterocycles. The summed E-state index contributed by atoms with van der Waals surface area (Å²) in [5.41, 5.74) is 2.34. The van der Waals surface area contributed by atoms with Crippen molar-refractivity contribution in [3.8, 4) is 11.5 Å². The normalized spacial score (nSPS) is 10.3. The third-order valence-electron chi connectivity index (χ3n) is 4.25. The van der Waals surface area contributed by atoms with E-state index < -0.39 is 4.92 Å². The summed E-state index contributed by atoms with van der Waals surface area (Å²) in [5, 5.41) is 17.7. The van der Waals surface area contributed by atoms with E-state index in [-0.39, 0.29) is 17.3 Å². The maximum atomic E-state index is 11.8. The molecular formula is C20H21N5O4. The number of methoxy groups -OCH3 is 2. The number of hydrogen-bond acceptors (Lipinski definition) is 8. The molecule has 0 unspecified atom stereocenters. The van der Waals surface area contributed by atoms with Gasteiger partial charge in [0.25, 0.3) is 0 Å². The number of nitrogens with zero attached hydrogens (tertiary/aromatic N) is 3. The molecule has 29 heavy (non-hydrogen) atoms. The first-order chi connectivity index (χ1) is 14.0. The summed E-state index contributed by atoms with van der Waals surface area (Å²) >= 11 is 0. The number of nitro groups is 1. The van der Waals surface area contributed by atoms with E-state index in [2.05, 4.69) is 20.6 Å². The first-order valence-corrected chi connectivity index (χ1v) is 8.79. The van der Waals surface area contributed by atoms with Gasteiger partial charge in [-0.2, -0.15) is 0 Å². The molecule has 0 aliphatic heterocycles. The van der Waals surface area contributed by atoms with Crippen molar-refractivity contribution in [1.29, 1.82) is 0 Å². The predicted molar refractivity (Wildman–Crippen MR) is 110 cm³/mol. The molecule has 0 saturated carbocycles. The van der Waals surface area contributed by atoms with Crippen molar-refractivity contribution >= 4 is 23.0 Å². The van der Waals surface area contributed by atoms with Crippen molar-refractivity contribution in [2.45, 2.75) is 13.5 Å². The molecule has 3 aromatic rings. The van der Waals surface area contributed by atoms with E-state index in [1.54, 1.807) is 18.2 Å². The number of hydrogen-bond donors (Lipinski definition) is 2. The predicted octanol–water partition coefficient (Wildman–Crippen LogP) is 4.07. The Morgan fingerprint density at radius 3 is 2.41 bits per heavy atom. The van der Waals surface area contributed by atoms with Gasteiger partial charge in [-0.25, -0.2) is 9.97 Å². The van der Waals surface area contributed by atoms with E-state index in [4.69, 9.17) is 9.47 Å². The molecule has 0 saturated heterocycles. The lowest BCUT2D eigenvalue weighted by Crippen LogP contribution is -2.08. The Morgan fingerprint density at radius 2 is 1.76 bits per heavy atom. The molecule has 3 rings (SSSR count). The van der Waals surface area contributed by atoms with Gasteiger partial charge in [-0.3, -0.25) is 10.1 Å². The second kappa shape index (κ2) is 8.87. The van der Waals surface area contributed by atoms with E-state index in [0.717, 1.165) is 11.1 Å². The fourth-order valence-corrected chi connectivity index (χ4v) is 2.70. The Bertz CT molecular complexity index is 1010. The van der Waals surface area contributed by atoms with Gasteiger partial charge in [0.2, 0.25) is 11.6 Å². The van der Waals surface area contributed by atoms with Gasteiger partial charge in [-0.05, 0) is 24.6 Å². The van der Waals surface area contributed by atoms with Crippen LogP contribution in [-0.2, 0) is 6.54 Å². The maximum Gasteiger partial charge on any atom is 0.353 e. The fraction of sp³-hybridized carbons (Fsp3) is 0.200. The first-order valence-electron chi connectivity index (χ1n) is 8.79. The zero-order chi connectivity index (χ0) is 20.8. The molecular weight excluding hydrogens is 374 g/mol. The van der Waals surface area contributed by atoms with Crippen molar-refractivity contribution in [1.82, 2.24) is 9.97 Å². The molecule has 2 aromatic carbocycles. The number of rotatable bonds is 8. The minimum Gasteiger partial charge on any atom is -0.497 e. The van der Waals surface area contributed by atoms with Crippen LogP contribution >= 0.6 is 0 Å². The van der Waals surface area contributed by atoms with Gasteiger partial charge in [0.15, 0.2) is 0 Å². The maximum absolute atomic E-state index is 11.8. The van der Waals surface area contributed by atoms with Crippen molar-refractivity contribution < 1.29 is 14.4 Å². The Labute approximate surface area is 167 Å². The van der Waals surface area contributed by atoms with Crippen LogP contribution < -0.4 is 20.1 Å². The van der Waals surface area contributed by atoms with Crippen LogP contribution in [0.25, 0.3) is 0 Å². The van der Waals surface area contributed by atoms with Crippen LogP contribution in [0.2, 0.25) is 0 Å². The number of ether oxygens (including phenoxy) is 2. The Hall–Kier alpha value is -3.88. The van der Waals surface area contributed by atoms with Crippen LogP contribution in [0.15, 0.2) is 48.8 Å². The standard InChI is InChI=1S/C20H21N5O4/c1-13-4-6-14(7-5-13)11-21-19-18(25(26)27)20(23-12-22-19)24-16-10-15(28-2)8-9-17(16)29-3/h4-10,12H,11H2,1-3H3,(H2,21,22,23,24). The summed E-state index contributed by atoms with van der Waals surface area (Å²) in [4.78, 5) is 19.3. The van der Waals surface area contributed by atoms with Gasteiger partial charge in [0.1, 0.15) is 17.8 Å². The highest BCUT2D eigenvalue weighted by molar-refractivity contribution is 5.76. The summed E-state index contributed by atoms with van der Waals surface area (Å²) in [5.74, 6) is 1.23. The third kappa shape index (κ3) is 4.70. The van der Waals surface area contributed by atoms with Crippen LogP contribution in [0.1, 0.15) is 11.1 Å². The molecule has 9 nitrogen and oxygen atoms in total. The number of aromatic nitrogens is 2. The van der Waals surface area contributed by atoms with E-state index >= 15 is 0 Å². The highest BCUT2D eigenvalue weighted by Crippen LogP contribution is 2.36. The zero-order valence-electron chi connectivity index (χ0n) is 16.3. The van der Waals surface area contributed by atoms with E-state index in [1.807, 2.05) is 31.2 Å². The van der Waals surface area contributed by atoms with Gasteiger partial charge < -0.3 is 20.1 Å². The van der Waals surface area contributed by atoms with Crippen LogP contribution in [0.3, 0.4) is 0 Å². The quantitative estimate of drug-likeness (QED) is 0.434. The van der Waals surface area contributed by atoms with Crippen LogP contribution in [0.5, 0.6) is 11.5 Å². The molecule has 0 bridgehead atoms. The molecule has 150 valence electrons. The minimum atomic E-state index is -0.521. The Kier molecular flexibility index (Phi) is 6.08. The van der Waals surface area contributed by atoms with Crippen molar-refractivity contribution in [3.63, 3.8) is 0 Å². The molecule has 0 spiro atoms. The van der Waals surface area contributed by atoms with E-state index in [1.165, 1.54) is 20.5 Å². The molecule has 0 atom stereocenters. The molecule has 0 fully saturated rings. The first kappa shape index (κ1) is 19.9. The molecule has 0 aliphatic carbocycles. The molecule has 2 N–H and O–H groups in total.